The van der Waals surface area contributed by atoms with Crippen LogP contribution >= 0.6 is 12.2 Å². The van der Waals surface area contributed by atoms with Crippen molar-refractivity contribution in [1.82, 2.24) is 5.32 Å². The third-order valence-electron chi connectivity index (χ3n) is 5.87. The maximum absolute atomic E-state index is 12.7. The molecule has 3 rings (SSSR count). The molecule has 4 heteroatoms. The summed E-state index contributed by atoms with van der Waals surface area (Å²) < 4.78 is 0. The lowest BCUT2D eigenvalue weighted by Crippen LogP contribution is -2.58. The Labute approximate surface area is 127 Å². The number of carbonyl (C=O) groups is 1. The molecule has 3 N–H and O–H groups in total. The Bertz CT molecular complexity index is 401. The van der Waals surface area contributed by atoms with Crippen LogP contribution in [0.1, 0.15) is 64.2 Å². The quantitative estimate of drug-likeness (QED) is 0.621. The number of hydrogen-bond donors (Lipinski definition) is 2. The molecular weight excluding hydrogens is 268 g/mol. The van der Waals surface area contributed by atoms with E-state index in [9.17, 15) is 4.79 Å². The van der Waals surface area contributed by atoms with Crippen molar-refractivity contribution in [3.05, 3.63) is 0 Å². The van der Waals surface area contributed by atoms with E-state index < -0.39 is 5.54 Å². The average molecular weight is 294 g/mol. The van der Waals surface area contributed by atoms with Gasteiger partial charge in [-0.15, -0.1) is 0 Å². The highest BCUT2D eigenvalue weighted by atomic mass is 32.1. The summed E-state index contributed by atoms with van der Waals surface area (Å²) in [6, 6.07) is 0. The Hall–Kier alpha value is -0.640. The van der Waals surface area contributed by atoms with Crippen LogP contribution in [0.15, 0.2) is 0 Å². The van der Waals surface area contributed by atoms with Gasteiger partial charge in [-0.05, 0) is 43.9 Å². The second-order valence-electron chi connectivity index (χ2n) is 7.13. The van der Waals surface area contributed by atoms with Crippen LogP contribution < -0.4 is 11.1 Å². The normalized spacial score (nSPS) is 35.5. The molecule has 0 aliphatic heterocycles. The zero-order valence-corrected chi connectivity index (χ0v) is 13.0. The fraction of sp³-hybridized carbons (Fsp3) is 0.875. The molecule has 0 aromatic heterocycles. The molecule has 3 aliphatic carbocycles. The van der Waals surface area contributed by atoms with Crippen LogP contribution in [-0.4, -0.2) is 16.4 Å². The van der Waals surface area contributed by atoms with E-state index in [2.05, 4.69) is 5.32 Å². The van der Waals surface area contributed by atoms with Crippen molar-refractivity contribution in [3.63, 3.8) is 0 Å². The maximum Gasteiger partial charge on any atom is 0.224 e. The highest BCUT2D eigenvalue weighted by Crippen LogP contribution is 2.48. The first-order valence-corrected chi connectivity index (χ1v) is 8.63. The highest BCUT2D eigenvalue weighted by molar-refractivity contribution is 7.80. The average Bonchev–Trinajstić information content (AvgIpc) is 2.97. The van der Waals surface area contributed by atoms with Crippen molar-refractivity contribution in [2.75, 3.05) is 0 Å². The number of rotatable bonds is 3. The molecule has 0 aromatic carbocycles. The van der Waals surface area contributed by atoms with Gasteiger partial charge >= 0.3 is 0 Å². The van der Waals surface area contributed by atoms with Gasteiger partial charge in [0.25, 0.3) is 0 Å². The Kier molecular flexibility index (Phi) is 4.02. The first-order chi connectivity index (χ1) is 9.61. The van der Waals surface area contributed by atoms with Crippen molar-refractivity contribution in [2.24, 2.45) is 23.5 Å². The molecule has 3 aliphatic rings. The molecule has 3 atom stereocenters. The third kappa shape index (κ3) is 2.59. The first kappa shape index (κ1) is 14.3. The molecule has 3 fully saturated rings. The second kappa shape index (κ2) is 5.63. The molecule has 3 unspecified atom stereocenters. The molecule has 0 spiro atoms. The Balaban J connectivity index is 1.69. The van der Waals surface area contributed by atoms with Crippen LogP contribution in [0.4, 0.5) is 0 Å². The van der Waals surface area contributed by atoms with E-state index in [4.69, 9.17) is 18.0 Å². The minimum atomic E-state index is -0.398. The molecule has 1 amide bonds. The molecule has 0 heterocycles. The van der Waals surface area contributed by atoms with Crippen molar-refractivity contribution in [2.45, 2.75) is 69.7 Å². The minimum absolute atomic E-state index is 0.225. The summed E-state index contributed by atoms with van der Waals surface area (Å²) in [5.74, 6) is 1.87. The topological polar surface area (TPSA) is 55.1 Å². The number of fused-ring (bicyclic) bond motifs is 2. The predicted molar refractivity (Wildman–Crippen MR) is 84.3 cm³/mol. The van der Waals surface area contributed by atoms with E-state index in [0.29, 0.717) is 10.9 Å². The lowest BCUT2D eigenvalue weighted by molar-refractivity contribution is -0.127. The van der Waals surface area contributed by atoms with Gasteiger partial charge in [-0.2, -0.15) is 0 Å². The van der Waals surface area contributed by atoms with Crippen LogP contribution in [0, 0.1) is 17.8 Å². The van der Waals surface area contributed by atoms with E-state index in [1.807, 2.05) is 0 Å². The van der Waals surface area contributed by atoms with Crippen molar-refractivity contribution >= 4 is 23.1 Å². The van der Waals surface area contributed by atoms with Crippen molar-refractivity contribution in [3.8, 4) is 0 Å². The standard InChI is InChI=1S/C16H26N2OS/c17-15(20)16(7-3-1-2-4-8-16)18-14(19)13-10-11-5-6-12(13)9-11/h11-13H,1-10H2,(H2,17,20)(H,18,19). The molecular formula is C16H26N2OS. The van der Waals surface area contributed by atoms with Gasteiger partial charge in [0.05, 0.1) is 10.5 Å². The lowest BCUT2D eigenvalue weighted by atomic mass is 9.85. The number of carbonyl (C=O) groups excluding carboxylic acids is 1. The first-order valence-electron chi connectivity index (χ1n) is 8.23. The number of thiocarbonyl (C=S) groups is 1. The smallest absolute Gasteiger partial charge is 0.224 e. The van der Waals surface area contributed by atoms with Gasteiger partial charge in [-0.25, -0.2) is 0 Å². The van der Waals surface area contributed by atoms with Gasteiger partial charge < -0.3 is 11.1 Å². The van der Waals surface area contributed by atoms with E-state index >= 15 is 0 Å². The Morgan fingerprint density at radius 3 is 2.30 bits per heavy atom. The van der Waals surface area contributed by atoms with Gasteiger partial charge in [-0.1, -0.05) is 44.3 Å². The monoisotopic (exact) mass is 294 g/mol. The van der Waals surface area contributed by atoms with Crippen LogP contribution in [0.25, 0.3) is 0 Å². The zero-order chi connectivity index (χ0) is 14.2. The molecule has 0 aromatic rings. The van der Waals surface area contributed by atoms with Crippen LogP contribution in [0.5, 0.6) is 0 Å². The molecule has 3 nitrogen and oxygen atoms in total. The molecule has 2 bridgehead atoms. The molecule has 20 heavy (non-hydrogen) atoms. The summed E-state index contributed by atoms with van der Waals surface area (Å²) >= 11 is 5.31. The number of amides is 1. The molecule has 0 radical (unpaired) electrons. The summed E-state index contributed by atoms with van der Waals surface area (Å²) in [6.07, 6.45) is 11.5. The summed E-state index contributed by atoms with van der Waals surface area (Å²) in [5.41, 5.74) is 5.61. The maximum atomic E-state index is 12.7. The van der Waals surface area contributed by atoms with E-state index in [-0.39, 0.29) is 11.8 Å². The van der Waals surface area contributed by atoms with Crippen LogP contribution in [-0.2, 0) is 4.79 Å². The fourth-order valence-electron chi connectivity index (χ4n) is 4.66. The minimum Gasteiger partial charge on any atom is -0.391 e. The summed E-state index contributed by atoms with van der Waals surface area (Å²) in [7, 11) is 0. The van der Waals surface area contributed by atoms with E-state index in [0.717, 1.165) is 38.0 Å². The second-order valence-corrected chi connectivity index (χ2v) is 7.57. The van der Waals surface area contributed by atoms with E-state index in [1.165, 1.54) is 32.1 Å². The molecule has 0 saturated heterocycles. The highest BCUT2D eigenvalue weighted by Gasteiger charge is 2.45. The van der Waals surface area contributed by atoms with Gasteiger partial charge in [0.15, 0.2) is 0 Å². The van der Waals surface area contributed by atoms with Gasteiger partial charge in [0, 0.05) is 5.92 Å². The van der Waals surface area contributed by atoms with Gasteiger partial charge in [-0.3, -0.25) is 4.79 Å². The zero-order valence-electron chi connectivity index (χ0n) is 12.2. The number of hydrogen-bond acceptors (Lipinski definition) is 2. The predicted octanol–water partition coefficient (Wildman–Crippen LogP) is 2.92. The van der Waals surface area contributed by atoms with Crippen molar-refractivity contribution in [1.29, 1.82) is 0 Å². The largest absolute Gasteiger partial charge is 0.391 e. The summed E-state index contributed by atoms with van der Waals surface area (Å²) in [5, 5.41) is 3.29. The third-order valence-corrected chi connectivity index (χ3v) is 6.26. The Morgan fingerprint density at radius 1 is 1.10 bits per heavy atom. The SMILES string of the molecule is NC(=S)C1(NC(=O)C2CC3CCC2C3)CCCCCC1. The van der Waals surface area contributed by atoms with Gasteiger partial charge in [0.2, 0.25) is 5.91 Å². The van der Waals surface area contributed by atoms with E-state index in [1.54, 1.807) is 0 Å². The number of nitrogens with one attached hydrogen (secondary N) is 1. The molecule has 3 saturated carbocycles. The van der Waals surface area contributed by atoms with Crippen LogP contribution in [0.2, 0.25) is 0 Å². The number of nitrogens with two attached hydrogens (primary N) is 1. The fourth-order valence-corrected chi connectivity index (χ4v) is 4.91. The van der Waals surface area contributed by atoms with Gasteiger partial charge in [0.1, 0.15) is 0 Å². The Morgan fingerprint density at radius 2 is 1.80 bits per heavy atom. The lowest BCUT2D eigenvalue weighted by Gasteiger charge is -2.35. The molecule has 112 valence electrons. The summed E-state index contributed by atoms with van der Waals surface area (Å²) in [6.45, 7) is 0. The van der Waals surface area contributed by atoms with Crippen molar-refractivity contribution < 1.29 is 4.79 Å². The van der Waals surface area contributed by atoms with Crippen LogP contribution in [0.3, 0.4) is 0 Å². The summed E-state index contributed by atoms with van der Waals surface area (Å²) in [4.78, 5) is 13.2.